The number of benzene rings is 2. The van der Waals surface area contributed by atoms with Gasteiger partial charge in [-0.2, -0.15) is 0 Å². The lowest BCUT2D eigenvalue weighted by atomic mass is 9.97. The van der Waals surface area contributed by atoms with E-state index < -0.39 is 0 Å². The van der Waals surface area contributed by atoms with E-state index in [0.29, 0.717) is 48.1 Å². The highest BCUT2D eigenvalue weighted by atomic mass is 32.1. The van der Waals surface area contributed by atoms with Gasteiger partial charge in [-0.15, -0.1) is 11.3 Å². The molecule has 4 rings (SSSR count). The highest BCUT2D eigenvalue weighted by Gasteiger charge is 2.26. The SMILES string of the molecule is COc1ccc(C(=O)CCC(=O)N2CCC(c3nc(C(=O)NCc4cc(OC)cc(OC)c4)cs3)CC2)cc1. The molecule has 10 heteroatoms. The lowest BCUT2D eigenvalue weighted by Crippen LogP contribution is -2.38. The minimum atomic E-state index is -0.242. The lowest BCUT2D eigenvalue weighted by molar-refractivity contribution is -0.132. The number of aromatic nitrogens is 1. The number of carbonyl (C=O) groups excluding carboxylic acids is 3. The van der Waals surface area contributed by atoms with E-state index in [-0.39, 0.29) is 36.4 Å². The van der Waals surface area contributed by atoms with Gasteiger partial charge in [0.25, 0.3) is 5.91 Å². The van der Waals surface area contributed by atoms with Gasteiger partial charge in [-0.3, -0.25) is 14.4 Å². The van der Waals surface area contributed by atoms with Crippen molar-refractivity contribution in [1.29, 1.82) is 0 Å². The molecule has 3 aromatic rings. The van der Waals surface area contributed by atoms with E-state index in [1.807, 2.05) is 17.0 Å². The van der Waals surface area contributed by atoms with Gasteiger partial charge in [0.2, 0.25) is 5.91 Å². The number of hydrogen-bond donors (Lipinski definition) is 1. The summed E-state index contributed by atoms with van der Waals surface area (Å²) < 4.78 is 15.7. The summed E-state index contributed by atoms with van der Waals surface area (Å²) in [6, 6.07) is 12.4. The van der Waals surface area contributed by atoms with E-state index in [1.165, 1.54) is 11.3 Å². The molecule has 0 saturated carbocycles. The topological polar surface area (TPSA) is 107 Å². The third-order valence-electron chi connectivity index (χ3n) is 6.79. The van der Waals surface area contributed by atoms with Crippen molar-refractivity contribution in [3.05, 3.63) is 69.7 Å². The van der Waals surface area contributed by atoms with Crippen LogP contribution in [0.4, 0.5) is 0 Å². The van der Waals surface area contributed by atoms with Gasteiger partial charge < -0.3 is 24.4 Å². The highest BCUT2D eigenvalue weighted by molar-refractivity contribution is 7.09. The number of piperidine rings is 1. The second-order valence-electron chi connectivity index (χ2n) is 9.28. The molecule has 206 valence electrons. The maximum Gasteiger partial charge on any atom is 0.271 e. The van der Waals surface area contributed by atoms with E-state index in [4.69, 9.17) is 14.2 Å². The molecule has 1 fully saturated rings. The monoisotopic (exact) mass is 551 g/mol. The van der Waals surface area contributed by atoms with Crippen LogP contribution in [0, 0.1) is 0 Å². The minimum absolute atomic E-state index is 0.0105. The van der Waals surface area contributed by atoms with Crippen LogP contribution in [-0.2, 0) is 11.3 Å². The summed E-state index contributed by atoms with van der Waals surface area (Å²) in [4.78, 5) is 44.3. The first-order chi connectivity index (χ1) is 18.9. The fraction of sp³-hybridized carbons (Fsp3) is 0.379. The van der Waals surface area contributed by atoms with Crippen LogP contribution in [0.25, 0.3) is 0 Å². The molecule has 0 atom stereocenters. The Balaban J connectivity index is 1.23. The van der Waals surface area contributed by atoms with Crippen LogP contribution in [0.5, 0.6) is 17.2 Å². The Morgan fingerprint density at radius 1 is 0.923 bits per heavy atom. The molecular formula is C29H33N3O6S. The molecule has 2 amide bonds. The summed E-state index contributed by atoms with van der Waals surface area (Å²) >= 11 is 1.47. The zero-order valence-corrected chi connectivity index (χ0v) is 23.2. The molecule has 0 spiro atoms. The third-order valence-corrected chi connectivity index (χ3v) is 7.80. The molecule has 0 aliphatic carbocycles. The average Bonchev–Trinajstić information content (AvgIpc) is 3.49. The lowest BCUT2D eigenvalue weighted by Gasteiger charge is -2.31. The predicted octanol–water partition coefficient (Wildman–Crippen LogP) is 4.47. The largest absolute Gasteiger partial charge is 0.497 e. The Morgan fingerprint density at radius 3 is 2.18 bits per heavy atom. The normalized spacial score (nSPS) is 13.6. The predicted molar refractivity (Wildman–Crippen MR) is 148 cm³/mol. The summed E-state index contributed by atoms with van der Waals surface area (Å²) in [5.41, 5.74) is 1.83. The smallest absolute Gasteiger partial charge is 0.271 e. The fourth-order valence-corrected chi connectivity index (χ4v) is 5.47. The molecule has 1 saturated heterocycles. The van der Waals surface area contributed by atoms with Crippen LogP contribution in [0.2, 0.25) is 0 Å². The number of thiazole rings is 1. The number of carbonyl (C=O) groups is 3. The van der Waals surface area contributed by atoms with Crippen molar-refractivity contribution in [1.82, 2.24) is 15.2 Å². The molecule has 1 aliphatic rings. The molecule has 9 nitrogen and oxygen atoms in total. The Labute approximate surface area is 232 Å². The fourth-order valence-electron chi connectivity index (χ4n) is 4.50. The van der Waals surface area contributed by atoms with Crippen LogP contribution in [0.3, 0.4) is 0 Å². The molecule has 0 radical (unpaired) electrons. The maximum atomic E-state index is 12.7. The van der Waals surface area contributed by atoms with Crippen molar-refractivity contribution < 1.29 is 28.6 Å². The van der Waals surface area contributed by atoms with Crippen molar-refractivity contribution >= 4 is 28.9 Å². The summed E-state index contributed by atoms with van der Waals surface area (Å²) in [5, 5.41) is 5.59. The van der Waals surface area contributed by atoms with Gasteiger partial charge in [-0.05, 0) is 54.8 Å². The summed E-state index contributed by atoms with van der Waals surface area (Å²) in [5.74, 6) is 1.89. The quantitative estimate of drug-likeness (QED) is 0.351. The molecule has 2 aromatic carbocycles. The van der Waals surface area contributed by atoms with Gasteiger partial charge in [0.15, 0.2) is 5.78 Å². The second-order valence-corrected chi connectivity index (χ2v) is 10.2. The van der Waals surface area contributed by atoms with Crippen molar-refractivity contribution in [2.24, 2.45) is 0 Å². The first kappa shape index (κ1) is 28.1. The van der Waals surface area contributed by atoms with E-state index in [0.717, 1.165) is 23.4 Å². The minimum Gasteiger partial charge on any atom is -0.497 e. The van der Waals surface area contributed by atoms with Gasteiger partial charge in [0.1, 0.15) is 22.9 Å². The van der Waals surface area contributed by atoms with Crippen LogP contribution < -0.4 is 19.5 Å². The van der Waals surface area contributed by atoms with E-state index in [9.17, 15) is 14.4 Å². The molecule has 39 heavy (non-hydrogen) atoms. The zero-order chi connectivity index (χ0) is 27.8. The van der Waals surface area contributed by atoms with Crippen molar-refractivity contribution in [3.8, 4) is 17.2 Å². The Hall–Kier alpha value is -3.92. The molecule has 1 aromatic heterocycles. The first-order valence-electron chi connectivity index (χ1n) is 12.8. The number of Topliss-reactive ketones (excluding diaryl/α,β-unsaturated/α-hetero) is 1. The Bertz CT molecular complexity index is 1280. The summed E-state index contributed by atoms with van der Waals surface area (Å²) in [6.07, 6.45) is 1.92. The number of likely N-dealkylation sites (tertiary alicyclic amines) is 1. The zero-order valence-electron chi connectivity index (χ0n) is 22.4. The van der Waals surface area contributed by atoms with Gasteiger partial charge in [-0.1, -0.05) is 0 Å². The van der Waals surface area contributed by atoms with E-state index in [2.05, 4.69) is 10.3 Å². The van der Waals surface area contributed by atoms with Crippen molar-refractivity contribution in [2.45, 2.75) is 38.1 Å². The maximum absolute atomic E-state index is 12.7. The molecular weight excluding hydrogens is 518 g/mol. The molecule has 0 unspecified atom stereocenters. The standard InChI is InChI=1S/C29H33N3O6S/c1-36-22-6-4-20(5-7-22)26(33)8-9-27(34)32-12-10-21(11-13-32)29-31-25(18-39-29)28(35)30-17-19-14-23(37-2)16-24(15-19)38-3/h4-7,14-16,18,21H,8-13,17H2,1-3H3,(H,30,35). The third kappa shape index (κ3) is 7.35. The number of rotatable bonds is 11. The van der Waals surface area contributed by atoms with Gasteiger partial charge in [-0.25, -0.2) is 4.98 Å². The van der Waals surface area contributed by atoms with Crippen LogP contribution in [0.1, 0.15) is 63.0 Å². The van der Waals surface area contributed by atoms with Gasteiger partial charge in [0.05, 0.1) is 26.3 Å². The number of methoxy groups -OCH3 is 3. The number of amides is 2. The Morgan fingerprint density at radius 2 is 1.56 bits per heavy atom. The van der Waals surface area contributed by atoms with Crippen LogP contribution in [0.15, 0.2) is 47.8 Å². The first-order valence-corrected chi connectivity index (χ1v) is 13.7. The number of ether oxygens (including phenoxy) is 3. The van der Waals surface area contributed by atoms with Crippen molar-refractivity contribution in [3.63, 3.8) is 0 Å². The summed E-state index contributed by atoms with van der Waals surface area (Å²) in [7, 11) is 4.74. The summed E-state index contributed by atoms with van der Waals surface area (Å²) in [6.45, 7) is 1.54. The van der Waals surface area contributed by atoms with Gasteiger partial charge in [0, 0.05) is 55.4 Å². The molecule has 2 heterocycles. The van der Waals surface area contributed by atoms with E-state index >= 15 is 0 Å². The molecule has 0 bridgehead atoms. The second kappa shape index (κ2) is 13.2. The Kier molecular flexibility index (Phi) is 9.54. The average molecular weight is 552 g/mol. The number of ketones is 1. The van der Waals surface area contributed by atoms with Crippen molar-refractivity contribution in [2.75, 3.05) is 34.4 Å². The molecule has 1 aliphatic heterocycles. The number of hydrogen-bond acceptors (Lipinski definition) is 8. The van der Waals surface area contributed by atoms with Gasteiger partial charge >= 0.3 is 0 Å². The van der Waals surface area contributed by atoms with Crippen LogP contribution in [-0.4, -0.2) is 61.9 Å². The highest BCUT2D eigenvalue weighted by Crippen LogP contribution is 2.31. The van der Waals surface area contributed by atoms with E-state index in [1.54, 1.807) is 57.0 Å². The number of nitrogens with one attached hydrogen (secondary N) is 1. The van der Waals surface area contributed by atoms with Crippen LogP contribution >= 0.6 is 11.3 Å². The number of nitrogens with zero attached hydrogens (tertiary/aromatic N) is 2. The molecule has 1 N–H and O–H groups in total.